The molecule has 6 rings (SSSR count). The number of ether oxygens (including phenoxy) is 3. The van der Waals surface area contributed by atoms with E-state index in [0.29, 0.717) is 114 Å². The van der Waals surface area contributed by atoms with Gasteiger partial charge in [0, 0.05) is 54.9 Å². The van der Waals surface area contributed by atoms with Gasteiger partial charge in [0.1, 0.15) is 17.7 Å². The van der Waals surface area contributed by atoms with Crippen molar-refractivity contribution in [3.05, 3.63) is 23.3 Å². The minimum absolute atomic E-state index is 0.0308. The molecule has 0 bridgehead atoms. The molecule has 3 saturated heterocycles. The quantitative estimate of drug-likeness (QED) is 0.114. The predicted molar refractivity (Wildman–Crippen MR) is 229 cm³/mol. The molecule has 1 aromatic carbocycles. The number of carbonyl (C=O) groups is 3. The molecule has 13 nitrogen and oxygen atoms in total. The van der Waals surface area contributed by atoms with E-state index < -0.39 is 46.8 Å². The van der Waals surface area contributed by atoms with Gasteiger partial charge in [0.05, 0.1) is 18.3 Å². The number of aromatic hydroxyl groups is 1. The fraction of sp³-hybridized carbons (Fsp3) is 0.795. The maximum absolute atomic E-state index is 15.1. The lowest BCUT2D eigenvalue weighted by Crippen LogP contribution is -2.65. The molecule has 4 aliphatic heterocycles. The van der Waals surface area contributed by atoms with Crippen LogP contribution in [-0.2, 0) is 36.7 Å². The number of aliphatic hydroxyl groups is 3. The van der Waals surface area contributed by atoms with E-state index in [0.717, 1.165) is 30.4 Å². The van der Waals surface area contributed by atoms with Gasteiger partial charge in [-0.25, -0.2) is 4.79 Å². The number of benzene rings is 1. The maximum Gasteiger partial charge on any atom is 0.332 e. The first-order valence-corrected chi connectivity index (χ1v) is 24.6. The topological polar surface area (TPSA) is 196 Å². The second-order valence-electron chi connectivity index (χ2n) is 18.4. The molecule has 9 atom stereocenters. The molecule has 4 fully saturated rings. The number of phenols is 1. The van der Waals surface area contributed by atoms with Crippen molar-refractivity contribution in [2.45, 2.75) is 152 Å². The molecule has 7 N–H and O–H groups in total. The smallest absolute Gasteiger partial charge is 0.332 e. The summed E-state index contributed by atoms with van der Waals surface area (Å²) >= 11 is 0. The molecule has 1 aliphatic carbocycles. The third-order valence-electron chi connectivity index (χ3n) is 14.1. The van der Waals surface area contributed by atoms with Crippen molar-refractivity contribution < 1.29 is 49.0 Å². The molecule has 59 heavy (non-hydrogen) atoms. The SMILES string of the molecule is CNC1CSSCC(C)(O)CCC(C(CC(OC(=O)C23CCCCC2CCC(=O)N3)C2(Cc3ccc(O)c4c3CC(CCO)CO4)CCNCC2)OC(C)=O)CCC1O. The predicted octanol–water partition coefficient (Wildman–Crippen LogP) is 4.58. The van der Waals surface area contributed by atoms with Gasteiger partial charge >= 0.3 is 11.9 Å². The second kappa shape index (κ2) is 20.7. The number of rotatable bonds is 12. The molecule has 332 valence electrons. The number of nitrogens with one attached hydrogen (secondary N) is 3. The highest BCUT2D eigenvalue weighted by atomic mass is 33.1. The highest BCUT2D eigenvalue weighted by Gasteiger charge is 2.54. The normalized spacial score (nSPS) is 32.6. The first-order chi connectivity index (χ1) is 28.3. The minimum atomic E-state index is -1.13. The van der Waals surface area contributed by atoms with Crippen LogP contribution in [0.2, 0.25) is 0 Å². The first-order valence-electron chi connectivity index (χ1n) is 22.1. The van der Waals surface area contributed by atoms with Gasteiger partial charge in [0.15, 0.2) is 11.5 Å². The van der Waals surface area contributed by atoms with Crippen LogP contribution in [0.1, 0.15) is 115 Å². The fourth-order valence-electron chi connectivity index (χ4n) is 10.5. The van der Waals surface area contributed by atoms with E-state index >= 15 is 4.79 Å². The van der Waals surface area contributed by atoms with Crippen molar-refractivity contribution in [3.8, 4) is 11.5 Å². The summed E-state index contributed by atoms with van der Waals surface area (Å²) in [4.78, 5) is 41.2. The van der Waals surface area contributed by atoms with E-state index in [2.05, 4.69) is 16.0 Å². The molecule has 0 spiro atoms. The fourth-order valence-corrected chi connectivity index (χ4v) is 13.4. The molecule has 4 heterocycles. The first kappa shape index (κ1) is 46.2. The van der Waals surface area contributed by atoms with Crippen LogP contribution in [0.5, 0.6) is 11.5 Å². The zero-order valence-corrected chi connectivity index (χ0v) is 36.9. The Morgan fingerprint density at radius 2 is 1.85 bits per heavy atom. The number of aliphatic hydroxyl groups excluding tert-OH is 2. The van der Waals surface area contributed by atoms with Gasteiger partial charge in [0.2, 0.25) is 5.91 Å². The summed E-state index contributed by atoms with van der Waals surface area (Å²) in [6.07, 6.45) is 7.16. The van der Waals surface area contributed by atoms with Gasteiger partial charge in [-0.15, -0.1) is 0 Å². The number of esters is 2. The number of carbonyl (C=O) groups excluding carboxylic acids is 3. The second-order valence-corrected chi connectivity index (χ2v) is 20.9. The Kier molecular flexibility index (Phi) is 16.2. The molecular weight excluding hydrogens is 795 g/mol. The van der Waals surface area contributed by atoms with Crippen LogP contribution in [0.25, 0.3) is 0 Å². The number of phenolic OH excluding ortho intramolecular Hbond substituents is 1. The van der Waals surface area contributed by atoms with Gasteiger partial charge in [-0.3, -0.25) is 9.59 Å². The zero-order valence-electron chi connectivity index (χ0n) is 35.3. The van der Waals surface area contributed by atoms with E-state index in [9.17, 15) is 30.0 Å². The summed E-state index contributed by atoms with van der Waals surface area (Å²) in [7, 11) is 5.06. The van der Waals surface area contributed by atoms with Crippen molar-refractivity contribution >= 4 is 39.4 Å². The van der Waals surface area contributed by atoms with Crippen LogP contribution in [0.3, 0.4) is 0 Å². The average molecular weight is 864 g/mol. The third kappa shape index (κ3) is 11.4. The Labute approximate surface area is 358 Å². The molecule has 15 heteroatoms. The number of fused-ring (bicyclic) bond motifs is 2. The number of amides is 1. The van der Waals surface area contributed by atoms with Gasteiger partial charge in [-0.1, -0.05) is 40.5 Å². The van der Waals surface area contributed by atoms with E-state index in [1.54, 1.807) is 27.7 Å². The molecule has 1 amide bonds. The lowest BCUT2D eigenvalue weighted by molar-refractivity contribution is -0.180. The Morgan fingerprint density at radius 3 is 2.59 bits per heavy atom. The van der Waals surface area contributed by atoms with Gasteiger partial charge in [-0.2, -0.15) is 0 Å². The number of piperidine rings is 2. The lowest BCUT2D eigenvalue weighted by Gasteiger charge is -2.49. The van der Waals surface area contributed by atoms with E-state index in [4.69, 9.17) is 14.2 Å². The molecule has 5 aliphatic rings. The number of hydrogen-bond donors (Lipinski definition) is 7. The van der Waals surface area contributed by atoms with Gasteiger partial charge < -0.3 is 50.6 Å². The van der Waals surface area contributed by atoms with Crippen LogP contribution in [0.15, 0.2) is 12.1 Å². The summed E-state index contributed by atoms with van der Waals surface area (Å²) in [5.74, 6) is 0.430. The maximum atomic E-state index is 15.1. The van der Waals surface area contributed by atoms with Crippen molar-refractivity contribution in [3.63, 3.8) is 0 Å². The van der Waals surface area contributed by atoms with E-state index in [1.165, 1.54) is 6.92 Å². The van der Waals surface area contributed by atoms with E-state index in [1.807, 2.05) is 20.0 Å². The monoisotopic (exact) mass is 863 g/mol. The summed E-state index contributed by atoms with van der Waals surface area (Å²) in [5.41, 5.74) is -0.882. The Balaban J connectivity index is 1.41. The van der Waals surface area contributed by atoms with E-state index in [-0.39, 0.29) is 48.5 Å². The van der Waals surface area contributed by atoms with Gasteiger partial charge in [-0.05, 0) is 133 Å². The molecular formula is C44H69N3O10S2. The van der Waals surface area contributed by atoms with Crippen molar-refractivity contribution in [1.82, 2.24) is 16.0 Å². The number of likely N-dealkylation sites (N-methyl/N-ethyl adjacent to an activating group) is 1. The Hall–Kier alpha value is -2.27. The number of hydrogen-bond acceptors (Lipinski definition) is 14. The molecule has 1 saturated carbocycles. The third-order valence-corrected chi connectivity index (χ3v) is 16.8. The summed E-state index contributed by atoms with van der Waals surface area (Å²) in [5, 5.41) is 53.6. The van der Waals surface area contributed by atoms with Crippen LogP contribution < -0.4 is 20.7 Å². The van der Waals surface area contributed by atoms with Crippen molar-refractivity contribution in [2.75, 3.05) is 44.9 Å². The summed E-state index contributed by atoms with van der Waals surface area (Å²) in [6, 6.07) is 3.44. The van der Waals surface area contributed by atoms with Crippen LogP contribution in [0.4, 0.5) is 0 Å². The molecule has 0 radical (unpaired) electrons. The minimum Gasteiger partial charge on any atom is -0.504 e. The van der Waals surface area contributed by atoms with Crippen LogP contribution in [0, 0.1) is 23.2 Å². The Morgan fingerprint density at radius 1 is 1.05 bits per heavy atom. The molecule has 9 unspecified atom stereocenters. The Bertz CT molecular complexity index is 1590. The standard InChI is InChI=1S/C44H69N3O10S2/c1-28(49)56-37(30-7-10-35(50)34(45-3)26-58-59-27-42(2,54)16-13-30)23-38(57-41(53)44-15-5-4-6-32(44)9-12-39(52)47-44)43(17-19-46-20-18-43)24-31-8-11-36(51)40-33(31)22-29(14-21-48)25-55-40/h8,11,29-30,32,34-35,37-38,45-46,48,50-51,54H,4-7,9-10,12-27H2,1-3H3,(H,47,52). The summed E-state index contributed by atoms with van der Waals surface area (Å²) < 4.78 is 19.4. The van der Waals surface area contributed by atoms with Crippen LogP contribution in [-0.4, -0.2) is 119 Å². The average Bonchev–Trinajstić information content (AvgIpc) is 3.21. The highest BCUT2D eigenvalue weighted by Crippen LogP contribution is 2.48. The summed E-state index contributed by atoms with van der Waals surface area (Å²) in [6.45, 7) is 5.00. The van der Waals surface area contributed by atoms with Crippen molar-refractivity contribution in [2.24, 2.45) is 23.2 Å². The lowest BCUT2D eigenvalue weighted by atomic mass is 9.66. The highest BCUT2D eigenvalue weighted by molar-refractivity contribution is 8.76. The molecule has 1 aromatic rings. The zero-order chi connectivity index (χ0) is 42.2. The largest absolute Gasteiger partial charge is 0.504 e. The van der Waals surface area contributed by atoms with Crippen molar-refractivity contribution in [1.29, 1.82) is 0 Å². The van der Waals surface area contributed by atoms with Gasteiger partial charge in [0.25, 0.3) is 0 Å². The molecule has 0 aromatic heterocycles. The van der Waals surface area contributed by atoms with Crippen LogP contribution >= 0.6 is 21.6 Å².